The van der Waals surface area contributed by atoms with Gasteiger partial charge in [-0.15, -0.1) is 0 Å². The van der Waals surface area contributed by atoms with Gasteiger partial charge in [-0.05, 0) is 18.8 Å². The number of rotatable bonds is 3. The van der Waals surface area contributed by atoms with Gasteiger partial charge in [-0.2, -0.15) is 5.10 Å². The topological polar surface area (TPSA) is 70.9 Å². The van der Waals surface area contributed by atoms with Crippen molar-refractivity contribution in [1.29, 1.82) is 0 Å². The van der Waals surface area contributed by atoms with E-state index in [9.17, 15) is 9.90 Å². The minimum absolute atomic E-state index is 0.255. The van der Waals surface area contributed by atoms with Gasteiger partial charge in [-0.25, -0.2) is 9.89 Å². The number of nitrogens with zero attached hydrogens (tertiary/aromatic N) is 2. The molecule has 0 amide bonds. The molecule has 0 aromatic carbocycles. The summed E-state index contributed by atoms with van der Waals surface area (Å²) in [7, 11) is 0. The summed E-state index contributed by atoms with van der Waals surface area (Å²) in [6.45, 7) is 0.361. The predicted octanol–water partition coefficient (Wildman–Crippen LogP) is -0.658. The summed E-state index contributed by atoms with van der Waals surface area (Å²) < 4.78 is 1.39. The fraction of sp³-hybridized carbons (Fsp3) is 0.714. The normalized spacial score (nSPS) is 19.4. The highest BCUT2D eigenvalue weighted by Crippen LogP contribution is 2.32. The van der Waals surface area contributed by atoms with E-state index in [4.69, 9.17) is 0 Å². The van der Waals surface area contributed by atoms with Gasteiger partial charge >= 0.3 is 5.69 Å². The molecule has 1 aromatic rings. The lowest BCUT2D eigenvalue weighted by atomic mass is 10.2. The molecule has 1 saturated carbocycles. The fourth-order valence-electron chi connectivity index (χ4n) is 1.23. The molecule has 1 aliphatic rings. The zero-order valence-corrected chi connectivity index (χ0v) is 6.60. The Morgan fingerprint density at radius 1 is 1.83 bits per heavy atom. The van der Waals surface area contributed by atoms with Crippen LogP contribution in [0, 0.1) is 5.92 Å². The lowest BCUT2D eigenvalue weighted by Gasteiger charge is -2.07. The molecule has 0 bridgehead atoms. The molecule has 5 heteroatoms. The first-order valence-electron chi connectivity index (χ1n) is 4.05. The summed E-state index contributed by atoms with van der Waals surface area (Å²) in [5.41, 5.74) is -0.255. The summed E-state index contributed by atoms with van der Waals surface area (Å²) in [4.78, 5) is 10.9. The van der Waals surface area contributed by atoms with E-state index in [1.165, 1.54) is 10.9 Å². The number of hydrogen-bond donors (Lipinski definition) is 2. The lowest BCUT2D eigenvalue weighted by Crippen LogP contribution is -2.25. The van der Waals surface area contributed by atoms with Crippen molar-refractivity contribution in [2.45, 2.75) is 25.5 Å². The van der Waals surface area contributed by atoms with Crippen molar-refractivity contribution in [3.8, 4) is 0 Å². The first-order valence-corrected chi connectivity index (χ1v) is 4.05. The molecule has 2 N–H and O–H groups in total. The van der Waals surface area contributed by atoms with E-state index < -0.39 is 0 Å². The molecule has 0 spiro atoms. The first kappa shape index (κ1) is 7.54. The molecule has 1 aliphatic carbocycles. The molecule has 2 rings (SSSR count). The third-order valence-corrected chi connectivity index (χ3v) is 2.17. The Morgan fingerprint density at radius 2 is 2.58 bits per heavy atom. The average Bonchev–Trinajstić information content (AvgIpc) is 2.80. The van der Waals surface area contributed by atoms with Crippen LogP contribution in [0.4, 0.5) is 0 Å². The largest absolute Gasteiger partial charge is 0.391 e. The van der Waals surface area contributed by atoms with E-state index in [1.807, 2.05) is 0 Å². The van der Waals surface area contributed by atoms with Gasteiger partial charge in [0.25, 0.3) is 0 Å². The molecule has 5 nitrogen and oxygen atoms in total. The standard InChI is InChI=1S/C7H11N3O2/c11-6(5-1-2-5)3-10-4-8-9-7(10)12/h4-6,11H,1-3H2,(H,9,12). The summed E-state index contributed by atoms with van der Waals surface area (Å²) in [5.74, 6) is 0.395. The van der Waals surface area contributed by atoms with Crippen molar-refractivity contribution in [2.75, 3.05) is 0 Å². The Hall–Kier alpha value is -1.10. The third-order valence-electron chi connectivity index (χ3n) is 2.17. The van der Waals surface area contributed by atoms with Crippen LogP contribution in [0.2, 0.25) is 0 Å². The molecule has 1 atom stereocenters. The van der Waals surface area contributed by atoms with Crippen molar-refractivity contribution in [1.82, 2.24) is 14.8 Å². The lowest BCUT2D eigenvalue weighted by molar-refractivity contribution is 0.130. The van der Waals surface area contributed by atoms with Crippen molar-refractivity contribution >= 4 is 0 Å². The number of aliphatic hydroxyl groups excluding tert-OH is 1. The maximum absolute atomic E-state index is 10.9. The van der Waals surface area contributed by atoms with Crippen molar-refractivity contribution in [2.24, 2.45) is 5.92 Å². The van der Waals surface area contributed by atoms with Crippen LogP contribution in [0.5, 0.6) is 0 Å². The van der Waals surface area contributed by atoms with Crippen LogP contribution in [0.1, 0.15) is 12.8 Å². The monoisotopic (exact) mass is 169 g/mol. The molecule has 1 aromatic heterocycles. The molecule has 1 unspecified atom stereocenters. The zero-order valence-electron chi connectivity index (χ0n) is 6.60. The molecular weight excluding hydrogens is 158 g/mol. The van der Waals surface area contributed by atoms with E-state index in [0.29, 0.717) is 12.5 Å². The van der Waals surface area contributed by atoms with Crippen LogP contribution >= 0.6 is 0 Å². The van der Waals surface area contributed by atoms with Crippen LogP contribution < -0.4 is 5.69 Å². The maximum Gasteiger partial charge on any atom is 0.343 e. The fourth-order valence-corrected chi connectivity index (χ4v) is 1.23. The van der Waals surface area contributed by atoms with Crippen LogP contribution in [-0.2, 0) is 6.54 Å². The first-order chi connectivity index (χ1) is 5.77. The number of aliphatic hydroxyl groups is 1. The molecule has 1 fully saturated rings. The molecule has 66 valence electrons. The Morgan fingerprint density at radius 3 is 3.08 bits per heavy atom. The van der Waals surface area contributed by atoms with E-state index in [-0.39, 0.29) is 11.8 Å². The zero-order chi connectivity index (χ0) is 8.55. The molecule has 12 heavy (non-hydrogen) atoms. The quantitative estimate of drug-likeness (QED) is 0.631. The van der Waals surface area contributed by atoms with Gasteiger partial charge in [-0.3, -0.25) is 4.57 Å². The second-order valence-corrected chi connectivity index (χ2v) is 3.22. The van der Waals surface area contributed by atoms with Gasteiger partial charge in [0.1, 0.15) is 6.33 Å². The van der Waals surface area contributed by atoms with E-state index >= 15 is 0 Å². The van der Waals surface area contributed by atoms with Gasteiger partial charge in [0, 0.05) is 0 Å². The highest BCUT2D eigenvalue weighted by Gasteiger charge is 2.29. The van der Waals surface area contributed by atoms with Gasteiger partial charge in [0.05, 0.1) is 12.6 Å². The number of H-pyrrole nitrogens is 1. The summed E-state index contributed by atoms with van der Waals surface area (Å²) in [6, 6.07) is 0. The second-order valence-electron chi connectivity index (χ2n) is 3.22. The maximum atomic E-state index is 10.9. The average molecular weight is 169 g/mol. The van der Waals surface area contributed by atoms with Crippen molar-refractivity contribution < 1.29 is 5.11 Å². The Balaban J connectivity index is 2.02. The second kappa shape index (κ2) is 2.75. The summed E-state index contributed by atoms with van der Waals surface area (Å²) in [6.07, 6.45) is 3.18. The minimum Gasteiger partial charge on any atom is -0.391 e. The van der Waals surface area contributed by atoms with Crippen LogP contribution in [0.25, 0.3) is 0 Å². The van der Waals surface area contributed by atoms with Gasteiger partial charge in [0.2, 0.25) is 0 Å². The van der Waals surface area contributed by atoms with Gasteiger partial charge in [0.15, 0.2) is 0 Å². The van der Waals surface area contributed by atoms with Crippen molar-refractivity contribution in [3.05, 3.63) is 16.8 Å². The summed E-state index contributed by atoms with van der Waals surface area (Å²) >= 11 is 0. The Kier molecular flexibility index (Phi) is 1.73. The smallest absolute Gasteiger partial charge is 0.343 e. The van der Waals surface area contributed by atoms with Crippen LogP contribution in [0.3, 0.4) is 0 Å². The van der Waals surface area contributed by atoms with E-state index in [2.05, 4.69) is 10.2 Å². The number of hydrogen-bond acceptors (Lipinski definition) is 3. The van der Waals surface area contributed by atoms with Crippen LogP contribution in [0.15, 0.2) is 11.1 Å². The predicted molar refractivity (Wildman–Crippen MR) is 41.6 cm³/mol. The molecule has 1 heterocycles. The highest BCUT2D eigenvalue weighted by molar-refractivity contribution is 4.81. The minimum atomic E-state index is -0.389. The molecular formula is C7H11N3O2. The molecule has 0 saturated heterocycles. The van der Waals surface area contributed by atoms with Gasteiger partial charge in [-0.1, -0.05) is 0 Å². The van der Waals surface area contributed by atoms with Crippen molar-refractivity contribution in [3.63, 3.8) is 0 Å². The number of aromatic nitrogens is 3. The Labute approximate surface area is 69.0 Å². The van der Waals surface area contributed by atoms with Gasteiger partial charge < -0.3 is 5.11 Å². The SMILES string of the molecule is O=c1[nH]ncn1CC(O)C1CC1. The Bertz CT molecular complexity index is 312. The van der Waals surface area contributed by atoms with E-state index in [0.717, 1.165) is 12.8 Å². The highest BCUT2D eigenvalue weighted by atomic mass is 16.3. The third kappa shape index (κ3) is 1.40. The summed E-state index contributed by atoms with van der Waals surface area (Å²) in [5, 5.41) is 15.3. The molecule has 0 radical (unpaired) electrons. The molecule has 0 aliphatic heterocycles. The van der Waals surface area contributed by atoms with Crippen LogP contribution in [-0.4, -0.2) is 26.0 Å². The number of aromatic amines is 1. The number of nitrogens with one attached hydrogen (secondary N) is 1. The van der Waals surface area contributed by atoms with E-state index in [1.54, 1.807) is 0 Å².